The lowest BCUT2D eigenvalue weighted by Gasteiger charge is -2.04. The molecule has 0 saturated carbocycles. The van der Waals surface area contributed by atoms with Crippen LogP contribution < -0.4 is 11.4 Å². The van der Waals surface area contributed by atoms with E-state index in [1.165, 1.54) is 6.20 Å². The highest BCUT2D eigenvalue weighted by atomic mass is 16.5. The Kier molecular flexibility index (Phi) is 2.85. The Morgan fingerprint density at radius 2 is 2.36 bits per heavy atom. The van der Waals surface area contributed by atoms with Gasteiger partial charge >= 0.3 is 5.97 Å². The Morgan fingerprint density at radius 1 is 1.71 bits per heavy atom. The van der Waals surface area contributed by atoms with Crippen LogP contribution in [0.4, 0.5) is 0 Å². The summed E-state index contributed by atoms with van der Waals surface area (Å²) < 4.78 is 5.47. The van der Waals surface area contributed by atoms with E-state index in [1.54, 1.807) is 13.8 Å². The molecule has 0 amide bonds. The lowest BCUT2D eigenvalue weighted by molar-refractivity contribution is 0.0523. The first-order valence-electron chi connectivity index (χ1n) is 4.08. The highest BCUT2D eigenvalue weighted by Crippen LogP contribution is 1.93. The van der Waals surface area contributed by atoms with Gasteiger partial charge < -0.3 is 10.6 Å². The number of nitrogens with zero attached hydrogens (tertiary/aromatic N) is 2. The first-order chi connectivity index (χ1) is 6.57. The van der Waals surface area contributed by atoms with Gasteiger partial charge in [0.2, 0.25) is 0 Å². The fraction of sp³-hybridized carbons (Fsp3) is 0.375. The molecule has 0 aliphatic carbocycles. The average molecular weight is 197 g/mol. The zero-order chi connectivity index (χ0) is 10.7. The van der Waals surface area contributed by atoms with Gasteiger partial charge in [-0.1, -0.05) is 0 Å². The van der Waals surface area contributed by atoms with E-state index in [0.29, 0.717) is 5.82 Å². The monoisotopic (exact) mass is 197 g/mol. The van der Waals surface area contributed by atoms with Crippen molar-refractivity contribution in [2.75, 3.05) is 12.4 Å². The molecule has 14 heavy (non-hydrogen) atoms. The molecule has 2 N–H and O–H groups in total. The largest absolute Gasteiger partial charge is 0.462 e. The molecule has 0 radical (unpaired) electrons. The molecule has 0 spiro atoms. The minimum atomic E-state index is -0.704. The van der Waals surface area contributed by atoms with E-state index in [-0.39, 0.29) is 12.2 Å². The van der Waals surface area contributed by atoms with Gasteiger partial charge in [-0.3, -0.25) is 4.79 Å². The summed E-state index contributed by atoms with van der Waals surface area (Å²) in [6.45, 7) is 3.42. The molecule has 6 nitrogen and oxygen atoms in total. The highest BCUT2D eigenvalue weighted by Gasteiger charge is 2.14. The van der Waals surface area contributed by atoms with Crippen molar-refractivity contribution in [2.24, 2.45) is 0 Å². The number of esters is 1. The number of carbonyl (C=O) groups is 1. The topological polar surface area (TPSA) is 87.2 Å². The molecule has 0 aliphatic rings. The van der Waals surface area contributed by atoms with Crippen LogP contribution in [0.25, 0.3) is 0 Å². The zero-order valence-electron chi connectivity index (χ0n) is 7.98. The molecule has 0 aromatic carbocycles. The summed E-state index contributed by atoms with van der Waals surface area (Å²) in [6.07, 6.45) is 1.17. The van der Waals surface area contributed by atoms with Gasteiger partial charge in [0.1, 0.15) is 11.4 Å². The molecule has 0 unspecified atom stereocenters. The summed E-state index contributed by atoms with van der Waals surface area (Å²) in [4.78, 5) is 26.4. The number of ether oxygens (including phenoxy) is 1. The maximum atomic E-state index is 11.4. The van der Waals surface area contributed by atoms with Crippen LogP contribution in [0.3, 0.4) is 0 Å². The van der Waals surface area contributed by atoms with Gasteiger partial charge in [0.25, 0.3) is 5.56 Å². The second kappa shape index (κ2) is 3.91. The second-order valence-corrected chi connectivity index (χ2v) is 2.61. The van der Waals surface area contributed by atoms with Crippen LogP contribution in [-0.2, 0) is 4.74 Å². The van der Waals surface area contributed by atoms with Crippen LogP contribution in [0, 0.1) is 6.92 Å². The van der Waals surface area contributed by atoms with Crippen LogP contribution in [0.5, 0.6) is 0 Å². The molecule has 0 fully saturated rings. The van der Waals surface area contributed by atoms with E-state index in [0.717, 1.165) is 4.68 Å². The first-order valence-corrected chi connectivity index (χ1v) is 4.08. The second-order valence-electron chi connectivity index (χ2n) is 2.61. The van der Waals surface area contributed by atoms with E-state index < -0.39 is 11.5 Å². The van der Waals surface area contributed by atoms with Crippen LogP contribution in [0.15, 0.2) is 11.0 Å². The molecule has 1 rings (SSSR count). The number of hydrogen-bond donors (Lipinski definition) is 1. The van der Waals surface area contributed by atoms with E-state index in [1.807, 2.05) is 0 Å². The third kappa shape index (κ3) is 1.73. The highest BCUT2D eigenvalue weighted by molar-refractivity contribution is 5.88. The van der Waals surface area contributed by atoms with Crippen molar-refractivity contribution >= 4 is 5.97 Å². The van der Waals surface area contributed by atoms with Crippen LogP contribution in [-0.4, -0.2) is 22.2 Å². The first kappa shape index (κ1) is 10.2. The minimum absolute atomic E-state index is 0.153. The fourth-order valence-electron chi connectivity index (χ4n) is 0.901. The predicted molar refractivity (Wildman–Crippen MR) is 49.3 cm³/mol. The standard InChI is InChI=1S/C8H11N3O3/c1-3-14-8(13)6-4-10-5(2)11(9)7(6)12/h4H,3,9H2,1-2H3. The lowest BCUT2D eigenvalue weighted by Crippen LogP contribution is -2.34. The van der Waals surface area contributed by atoms with Gasteiger partial charge in [-0.05, 0) is 13.8 Å². The van der Waals surface area contributed by atoms with Crippen LogP contribution in [0.2, 0.25) is 0 Å². The maximum absolute atomic E-state index is 11.4. The molecule has 0 saturated heterocycles. The molecule has 0 bridgehead atoms. The summed E-state index contributed by atoms with van der Waals surface area (Å²) in [6, 6.07) is 0. The van der Waals surface area contributed by atoms with E-state index in [4.69, 9.17) is 5.84 Å². The number of aromatic nitrogens is 2. The van der Waals surface area contributed by atoms with Crippen molar-refractivity contribution in [1.29, 1.82) is 0 Å². The molecule has 76 valence electrons. The van der Waals surface area contributed by atoms with Crippen molar-refractivity contribution < 1.29 is 9.53 Å². The number of aryl methyl sites for hydroxylation is 1. The van der Waals surface area contributed by atoms with E-state index >= 15 is 0 Å². The van der Waals surface area contributed by atoms with Crippen molar-refractivity contribution in [1.82, 2.24) is 9.66 Å². The van der Waals surface area contributed by atoms with E-state index in [9.17, 15) is 9.59 Å². The molecule has 1 heterocycles. The molecular formula is C8H11N3O3. The Labute approximate surface area is 80.3 Å². The maximum Gasteiger partial charge on any atom is 0.345 e. The number of rotatable bonds is 2. The Balaban J connectivity index is 3.18. The molecule has 1 aromatic rings. The van der Waals surface area contributed by atoms with Crippen LogP contribution >= 0.6 is 0 Å². The third-order valence-corrected chi connectivity index (χ3v) is 1.67. The van der Waals surface area contributed by atoms with Gasteiger partial charge in [-0.2, -0.15) is 0 Å². The van der Waals surface area contributed by atoms with Gasteiger partial charge in [0, 0.05) is 6.20 Å². The van der Waals surface area contributed by atoms with Crippen molar-refractivity contribution in [3.8, 4) is 0 Å². The molecule has 0 aliphatic heterocycles. The Bertz CT molecular complexity index is 411. The van der Waals surface area contributed by atoms with Crippen molar-refractivity contribution in [3.63, 3.8) is 0 Å². The number of hydrogen-bond acceptors (Lipinski definition) is 5. The third-order valence-electron chi connectivity index (χ3n) is 1.67. The molecular weight excluding hydrogens is 186 g/mol. The fourth-order valence-corrected chi connectivity index (χ4v) is 0.901. The van der Waals surface area contributed by atoms with Gasteiger partial charge in [0.15, 0.2) is 0 Å². The average Bonchev–Trinajstić information content (AvgIpc) is 2.15. The zero-order valence-corrected chi connectivity index (χ0v) is 7.98. The van der Waals surface area contributed by atoms with Crippen LogP contribution in [0.1, 0.15) is 23.1 Å². The van der Waals surface area contributed by atoms with Crippen molar-refractivity contribution in [3.05, 3.63) is 27.9 Å². The summed E-state index contributed by atoms with van der Waals surface area (Å²) in [5.74, 6) is 4.98. The van der Waals surface area contributed by atoms with Gasteiger partial charge in [-0.15, -0.1) is 0 Å². The summed E-state index contributed by atoms with van der Waals surface area (Å²) in [7, 11) is 0. The Hall–Kier alpha value is -1.85. The minimum Gasteiger partial charge on any atom is -0.462 e. The number of nitrogen functional groups attached to an aromatic ring is 1. The lowest BCUT2D eigenvalue weighted by atomic mass is 10.3. The normalized spacial score (nSPS) is 9.86. The summed E-state index contributed by atoms with van der Waals surface area (Å²) >= 11 is 0. The molecule has 0 atom stereocenters. The van der Waals surface area contributed by atoms with Gasteiger partial charge in [-0.25, -0.2) is 14.5 Å². The predicted octanol–water partition coefficient (Wildman–Crippen LogP) is -0.558. The van der Waals surface area contributed by atoms with Crippen molar-refractivity contribution in [2.45, 2.75) is 13.8 Å². The molecule has 6 heteroatoms. The number of carbonyl (C=O) groups excluding carboxylic acids is 1. The van der Waals surface area contributed by atoms with E-state index in [2.05, 4.69) is 9.72 Å². The Morgan fingerprint density at radius 3 is 2.93 bits per heavy atom. The smallest absolute Gasteiger partial charge is 0.345 e. The summed E-state index contributed by atoms with van der Waals surface area (Å²) in [5, 5.41) is 0. The molecule has 1 aromatic heterocycles. The number of nitrogens with two attached hydrogens (primary N) is 1. The summed E-state index contributed by atoms with van der Waals surface area (Å²) in [5.41, 5.74) is -0.754. The van der Waals surface area contributed by atoms with Gasteiger partial charge in [0.05, 0.1) is 6.61 Å². The quantitative estimate of drug-likeness (QED) is 0.507. The SMILES string of the molecule is CCOC(=O)c1cnc(C)n(N)c1=O.